The number of halogens is 3. The molecular weight excluding hydrogens is 347 g/mol. The molecule has 4 aromatic rings. The van der Waals surface area contributed by atoms with E-state index in [4.69, 9.17) is 4.11 Å². The summed E-state index contributed by atoms with van der Waals surface area (Å²) in [5, 5.41) is 0.0458. The molecule has 0 aliphatic heterocycles. The molecule has 0 unspecified atom stereocenters. The van der Waals surface area contributed by atoms with Crippen molar-refractivity contribution in [1.29, 1.82) is 0 Å². The van der Waals surface area contributed by atoms with Gasteiger partial charge >= 0.3 is 6.18 Å². The molecule has 0 saturated heterocycles. The number of imidazole rings is 1. The number of hydrogen-bond donors (Lipinski definition) is 0. The number of nitrogens with zero attached hydrogens (tertiary/aromatic N) is 5. The molecule has 26 heavy (non-hydrogen) atoms. The molecule has 6 nitrogen and oxygen atoms in total. The normalized spacial score (nSPS) is 14.4. The second-order valence-electron chi connectivity index (χ2n) is 5.63. The fraction of sp³-hybridized carbons (Fsp3) is 0.176. The van der Waals surface area contributed by atoms with Gasteiger partial charge in [0.25, 0.3) is 5.56 Å². The molecule has 0 N–H and O–H groups in total. The third-order valence-corrected chi connectivity index (χ3v) is 4.03. The van der Waals surface area contributed by atoms with Crippen LogP contribution in [0.3, 0.4) is 0 Å². The molecular formula is C17H12F3N5O. The standard InChI is InChI=1S/C17H12F3N5O/c1-9-11(4-3-7-21-9)25-15-10(5-6-12(23-15)17(18,19)20)14-13(16(25)26)22-8-24(14)2/h3-8H,1-2H3/i2D3. The number of aryl methyl sites for hydroxylation is 2. The molecule has 0 radical (unpaired) electrons. The van der Waals surface area contributed by atoms with Gasteiger partial charge < -0.3 is 4.57 Å². The first-order valence-electron chi connectivity index (χ1n) is 8.92. The van der Waals surface area contributed by atoms with Crippen LogP contribution in [-0.2, 0) is 13.2 Å². The quantitative estimate of drug-likeness (QED) is 0.522. The van der Waals surface area contributed by atoms with E-state index in [1.54, 1.807) is 6.92 Å². The van der Waals surface area contributed by atoms with Gasteiger partial charge in [-0.3, -0.25) is 14.3 Å². The Bertz CT molecular complexity index is 1320. The molecule has 0 atom stereocenters. The van der Waals surface area contributed by atoms with E-state index in [-0.39, 0.29) is 27.8 Å². The van der Waals surface area contributed by atoms with Crippen LogP contribution in [0.4, 0.5) is 13.2 Å². The summed E-state index contributed by atoms with van der Waals surface area (Å²) in [7, 11) is 0. The Morgan fingerprint density at radius 1 is 1.19 bits per heavy atom. The molecule has 0 saturated carbocycles. The SMILES string of the molecule is [2H]C([2H])([2H])n1cnc2c(=O)n(-c3cccnc3C)c3nc(C(F)(F)F)ccc3c21. The Morgan fingerprint density at radius 3 is 2.69 bits per heavy atom. The van der Waals surface area contributed by atoms with Gasteiger partial charge in [0, 0.05) is 22.7 Å². The fourth-order valence-electron chi connectivity index (χ4n) is 2.86. The van der Waals surface area contributed by atoms with Gasteiger partial charge in [-0.15, -0.1) is 0 Å². The zero-order valence-corrected chi connectivity index (χ0v) is 13.2. The van der Waals surface area contributed by atoms with E-state index in [1.165, 1.54) is 18.3 Å². The Hall–Kier alpha value is -3.23. The monoisotopic (exact) mass is 362 g/mol. The van der Waals surface area contributed by atoms with E-state index < -0.39 is 24.4 Å². The van der Waals surface area contributed by atoms with Crippen molar-refractivity contribution >= 4 is 22.1 Å². The summed E-state index contributed by atoms with van der Waals surface area (Å²) in [5.41, 5.74) is -2.04. The van der Waals surface area contributed by atoms with E-state index >= 15 is 0 Å². The van der Waals surface area contributed by atoms with Crippen LogP contribution in [-0.4, -0.2) is 24.1 Å². The molecule has 4 aromatic heterocycles. The molecule has 0 fully saturated rings. The zero-order valence-electron chi connectivity index (χ0n) is 16.2. The summed E-state index contributed by atoms with van der Waals surface area (Å²) in [6.45, 7) is -1.10. The highest BCUT2D eigenvalue weighted by atomic mass is 19.4. The number of rotatable bonds is 1. The van der Waals surface area contributed by atoms with Crippen molar-refractivity contribution < 1.29 is 17.3 Å². The van der Waals surface area contributed by atoms with Gasteiger partial charge in [0.2, 0.25) is 0 Å². The number of pyridine rings is 3. The summed E-state index contributed by atoms with van der Waals surface area (Å²) in [5.74, 6) is 0. The Kier molecular flexibility index (Phi) is 2.70. The van der Waals surface area contributed by atoms with Crippen molar-refractivity contribution in [1.82, 2.24) is 24.1 Å². The molecule has 4 heterocycles. The first-order valence-corrected chi connectivity index (χ1v) is 7.42. The maximum atomic E-state index is 13.3. The molecule has 0 aromatic carbocycles. The van der Waals surface area contributed by atoms with E-state index in [0.29, 0.717) is 5.69 Å². The van der Waals surface area contributed by atoms with E-state index in [0.717, 1.165) is 27.6 Å². The highest BCUT2D eigenvalue weighted by Gasteiger charge is 2.33. The van der Waals surface area contributed by atoms with Gasteiger partial charge in [-0.25, -0.2) is 9.97 Å². The van der Waals surface area contributed by atoms with Crippen LogP contribution >= 0.6 is 0 Å². The fourth-order valence-corrected chi connectivity index (χ4v) is 2.86. The Balaban J connectivity index is 2.26. The highest BCUT2D eigenvalue weighted by molar-refractivity contribution is 6.01. The van der Waals surface area contributed by atoms with Crippen LogP contribution in [0, 0.1) is 6.92 Å². The first kappa shape index (κ1) is 13.0. The molecule has 4 rings (SSSR count). The minimum atomic E-state index is -4.75. The smallest absolute Gasteiger partial charge is 0.333 e. The number of hydrogen-bond acceptors (Lipinski definition) is 4. The average Bonchev–Trinajstić information content (AvgIpc) is 3.08. The van der Waals surface area contributed by atoms with Gasteiger partial charge in [-0.05, 0) is 31.2 Å². The zero-order chi connectivity index (χ0) is 21.1. The van der Waals surface area contributed by atoms with Crippen molar-refractivity contribution in [3.8, 4) is 5.69 Å². The van der Waals surface area contributed by atoms with Crippen molar-refractivity contribution in [2.75, 3.05) is 0 Å². The van der Waals surface area contributed by atoms with Crippen LogP contribution < -0.4 is 5.56 Å². The van der Waals surface area contributed by atoms with Crippen LogP contribution in [0.1, 0.15) is 15.5 Å². The molecule has 132 valence electrons. The van der Waals surface area contributed by atoms with Gasteiger partial charge in [-0.2, -0.15) is 13.2 Å². The Labute approximate surface area is 148 Å². The first-order chi connectivity index (χ1) is 13.5. The predicted molar refractivity (Wildman–Crippen MR) is 89.1 cm³/mol. The van der Waals surface area contributed by atoms with Gasteiger partial charge in [0.1, 0.15) is 11.3 Å². The molecule has 0 aliphatic rings. The average molecular weight is 362 g/mol. The van der Waals surface area contributed by atoms with E-state index in [9.17, 15) is 18.0 Å². The molecule has 0 bridgehead atoms. The van der Waals surface area contributed by atoms with Gasteiger partial charge in [-0.1, -0.05) is 0 Å². The molecule has 0 spiro atoms. The van der Waals surface area contributed by atoms with Gasteiger partial charge in [0.15, 0.2) is 5.52 Å². The molecule has 0 amide bonds. The third-order valence-electron chi connectivity index (χ3n) is 4.03. The van der Waals surface area contributed by atoms with E-state index in [1.807, 2.05) is 0 Å². The number of alkyl halides is 3. The summed E-state index contributed by atoms with van der Waals surface area (Å²) >= 11 is 0. The lowest BCUT2D eigenvalue weighted by Crippen LogP contribution is -2.22. The van der Waals surface area contributed by atoms with Crippen molar-refractivity contribution in [3.05, 3.63) is 58.5 Å². The molecule has 9 heteroatoms. The second kappa shape index (κ2) is 5.38. The summed E-state index contributed by atoms with van der Waals surface area (Å²) in [6.07, 6.45) is -2.31. The lowest BCUT2D eigenvalue weighted by molar-refractivity contribution is -0.141. The van der Waals surface area contributed by atoms with Crippen molar-refractivity contribution in [2.24, 2.45) is 6.98 Å². The Morgan fingerprint density at radius 2 is 2.00 bits per heavy atom. The summed E-state index contributed by atoms with van der Waals surface area (Å²) in [6, 6.07) is 4.87. The lowest BCUT2D eigenvalue weighted by atomic mass is 10.2. The van der Waals surface area contributed by atoms with Gasteiger partial charge in [0.05, 0.1) is 23.2 Å². The highest BCUT2D eigenvalue weighted by Crippen LogP contribution is 2.31. The topological polar surface area (TPSA) is 65.6 Å². The summed E-state index contributed by atoms with van der Waals surface area (Å²) in [4.78, 5) is 24.8. The third kappa shape index (κ3) is 2.27. The van der Waals surface area contributed by atoms with Crippen LogP contribution in [0.15, 0.2) is 41.6 Å². The largest absolute Gasteiger partial charge is 0.433 e. The molecule has 0 aliphatic carbocycles. The van der Waals surface area contributed by atoms with Crippen molar-refractivity contribution in [2.45, 2.75) is 13.1 Å². The van der Waals surface area contributed by atoms with E-state index in [2.05, 4.69) is 15.0 Å². The maximum Gasteiger partial charge on any atom is 0.433 e. The maximum absolute atomic E-state index is 13.3. The number of aromatic nitrogens is 5. The summed E-state index contributed by atoms with van der Waals surface area (Å²) < 4.78 is 64.5. The minimum absolute atomic E-state index is 0.0458. The minimum Gasteiger partial charge on any atom is -0.333 e. The second-order valence-corrected chi connectivity index (χ2v) is 5.63. The van der Waals surface area contributed by atoms with Crippen LogP contribution in [0.2, 0.25) is 0 Å². The van der Waals surface area contributed by atoms with Crippen LogP contribution in [0.5, 0.6) is 0 Å². The van der Waals surface area contributed by atoms with Crippen LogP contribution in [0.25, 0.3) is 27.8 Å². The predicted octanol–water partition coefficient (Wildman–Crippen LogP) is 2.99. The van der Waals surface area contributed by atoms with Crippen molar-refractivity contribution in [3.63, 3.8) is 0 Å². The number of fused-ring (bicyclic) bond motifs is 3. The lowest BCUT2D eigenvalue weighted by Gasteiger charge is -2.14.